The summed E-state index contributed by atoms with van der Waals surface area (Å²) < 4.78 is 6.77. The van der Waals surface area contributed by atoms with Crippen LogP contribution in [-0.4, -0.2) is 18.8 Å². The van der Waals surface area contributed by atoms with Crippen molar-refractivity contribution in [3.8, 4) is 0 Å². The largest absolute Gasteiger partial charge is 0.380 e. The highest BCUT2D eigenvalue weighted by molar-refractivity contribution is 14.1. The molecule has 76 valence electrons. The molecule has 0 radical (unpaired) electrons. The summed E-state index contributed by atoms with van der Waals surface area (Å²) in [4.78, 5) is 0. The molecular weight excluding hydrogens is 289 g/mol. The minimum atomic E-state index is 0.327. The minimum Gasteiger partial charge on any atom is -0.380 e. The molecule has 0 bridgehead atoms. The molecular formula is C11H14INO. The summed E-state index contributed by atoms with van der Waals surface area (Å²) >= 11 is 2.33. The first kappa shape index (κ1) is 10.2. The zero-order valence-electron chi connectivity index (χ0n) is 8.16. The van der Waals surface area contributed by atoms with Crippen molar-refractivity contribution in [1.82, 2.24) is 0 Å². The molecule has 1 aliphatic heterocycles. The molecule has 1 aromatic rings. The van der Waals surface area contributed by atoms with Crippen molar-refractivity contribution >= 4 is 28.3 Å². The van der Waals surface area contributed by atoms with Crippen molar-refractivity contribution in [2.75, 3.05) is 11.9 Å². The van der Waals surface area contributed by atoms with E-state index in [1.807, 2.05) is 0 Å². The van der Waals surface area contributed by atoms with Crippen LogP contribution >= 0.6 is 22.6 Å². The Balaban J connectivity index is 2.03. The Morgan fingerprint density at radius 2 is 2.36 bits per heavy atom. The molecule has 2 nitrogen and oxygen atoms in total. The van der Waals surface area contributed by atoms with Crippen LogP contribution in [0, 0.1) is 3.57 Å². The molecule has 1 fully saturated rings. The Morgan fingerprint density at radius 1 is 1.50 bits per heavy atom. The van der Waals surface area contributed by atoms with E-state index in [1.165, 1.54) is 9.26 Å². The molecule has 2 unspecified atom stereocenters. The first-order valence-electron chi connectivity index (χ1n) is 4.89. The number of rotatable bonds is 2. The van der Waals surface area contributed by atoms with Crippen LogP contribution in [-0.2, 0) is 4.74 Å². The van der Waals surface area contributed by atoms with E-state index in [4.69, 9.17) is 4.74 Å². The van der Waals surface area contributed by atoms with Crippen molar-refractivity contribution < 1.29 is 4.74 Å². The highest BCUT2D eigenvalue weighted by Gasteiger charge is 2.23. The van der Waals surface area contributed by atoms with Crippen LogP contribution in [0.2, 0.25) is 0 Å². The van der Waals surface area contributed by atoms with E-state index in [9.17, 15) is 0 Å². The Bertz CT molecular complexity index is 316. The summed E-state index contributed by atoms with van der Waals surface area (Å²) in [7, 11) is 0. The summed E-state index contributed by atoms with van der Waals surface area (Å²) in [6, 6.07) is 8.90. The summed E-state index contributed by atoms with van der Waals surface area (Å²) in [5.74, 6) is 0. The van der Waals surface area contributed by atoms with Gasteiger partial charge in [0.1, 0.15) is 0 Å². The van der Waals surface area contributed by atoms with Gasteiger partial charge in [-0.15, -0.1) is 0 Å². The number of benzene rings is 1. The van der Waals surface area contributed by atoms with Gasteiger partial charge in [-0.1, -0.05) is 6.07 Å². The van der Waals surface area contributed by atoms with Crippen molar-refractivity contribution in [2.45, 2.75) is 25.5 Å². The lowest BCUT2D eigenvalue weighted by Crippen LogP contribution is -2.26. The van der Waals surface area contributed by atoms with E-state index in [2.05, 4.69) is 59.1 Å². The molecule has 2 rings (SSSR count). The summed E-state index contributed by atoms with van der Waals surface area (Å²) in [6.45, 7) is 3.00. The number of anilines is 1. The van der Waals surface area contributed by atoms with Crippen LogP contribution in [0.3, 0.4) is 0 Å². The lowest BCUT2D eigenvalue weighted by molar-refractivity contribution is 0.121. The zero-order valence-corrected chi connectivity index (χ0v) is 10.3. The highest BCUT2D eigenvalue weighted by atomic mass is 127. The van der Waals surface area contributed by atoms with Crippen LogP contribution in [0.25, 0.3) is 0 Å². The van der Waals surface area contributed by atoms with E-state index in [0.717, 1.165) is 13.0 Å². The average molecular weight is 303 g/mol. The maximum absolute atomic E-state index is 5.50. The highest BCUT2D eigenvalue weighted by Crippen LogP contribution is 2.20. The molecule has 1 aromatic carbocycles. The average Bonchev–Trinajstić information content (AvgIpc) is 2.52. The molecule has 14 heavy (non-hydrogen) atoms. The van der Waals surface area contributed by atoms with E-state index >= 15 is 0 Å². The molecule has 1 heterocycles. The molecule has 0 saturated carbocycles. The summed E-state index contributed by atoms with van der Waals surface area (Å²) in [6.07, 6.45) is 1.43. The predicted octanol–water partition coefficient (Wildman–Crippen LogP) is 2.88. The van der Waals surface area contributed by atoms with Gasteiger partial charge in [0.15, 0.2) is 0 Å². The van der Waals surface area contributed by atoms with E-state index in [0.29, 0.717) is 12.1 Å². The first-order valence-corrected chi connectivity index (χ1v) is 5.97. The van der Waals surface area contributed by atoms with Gasteiger partial charge in [-0.25, -0.2) is 0 Å². The van der Waals surface area contributed by atoms with Gasteiger partial charge in [-0.3, -0.25) is 0 Å². The molecule has 1 aliphatic rings. The number of ether oxygens (including phenoxy) is 1. The van der Waals surface area contributed by atoms with Crippen LogP contribution in [0.5, 0.6) is 0 Å². The van der Waals surface area contributed by atoms with Crippen molar-refractivity contribution in [2.24, 2.45) is 0 Å². The van der Waals surface area contributed by atoms with E-state index in [1.54, 1.807) is 0 Å². The standard InChI is InChI=1S/C11H14INO/c1-8-11(5-6-14-8)13-10-4-2-3-9(12)7-10/h2-4,7-8,11,13H,5-6H2,1H3. The Labute approximate surface area is 98.2 Å². The quantitative estimate of drug-likeness (QED) is 0.848. The molecule has 0 spiro atoms. The minimum absolute atomic E-state index is 0.327. The van der Waals surface area contributed by atoms with Gasteiger partial charge in [0.25, 0.3) is 0 Å². The number of halogens is 1. The van der Waals surface area contributed by atoms with Crippen LogP contribution < -0.4 is 5.32 Å². The van der Waals surface area contributed by atoms with Gasteiger partial charge < -0.3 is 10.1 Å². The van der Waals surface area contributed by atoms with E-state index in [-0.39, 0.29) is 0 Å². The fourth-order valence-electron chi connectivity index (χ4n) is 1.71. The first-order chi connectivity index (χ1) is 6.75. The summed E-state index contributed by atoms with van der Waals surface area (Å²) in [5, 5.41) is 3.50. The molecule has 1 saturated heterocycles. The molecule has 2 atom stereocenters. The van der Waals surface area contributed by atoms with Crippen molar-refractivity contribution in [1.29, 1.82) is 0 Å². The second-order valence-electron chi connectivity index (χ2n) is 3.63. The maximum atomic E-state index is 5.50. The Hall–Kier alpha value is -0.290. The number of hydrogen-bond acceptors (Lipinski definition) is 2. The topological polar surface area (TPSA) is 21.3 Å². The lowest BCUT2D eigenvalue weighted by Gasteiger charge is -2.17. The fraction of sp³-hybridized carbons (Fsp3) is 0.455. The second-order valence-corrected chi connectivity index (χ2v) is 4.87. The normalized spacial score (nSPS) is 26.4. The van der Waals surface area contributed by atoms with Crippen molar-refractivity contribution in [3.63, 3.8) is 0 Å². The predicted molar refractivity (Wildman–Crippen MR) is 66.6 cm³/mol. The van der Waals surface area contributed by atoms with Crippen molar-refractivity contribution in [3.05, 3.63) is 27.8 Å². The van der Waals surface area contributed by atoms with E-state index < -0.39 is 0 Å². The third kappa shape index (κ3) is 2.39. The Morgan fingerprint density at radius 3 is 3.00 bits per heavy atom. The second kappa shape index (κ2) is 4.49. The molecule has 0 aliphatic carbocycles. The van der Waals surface area contributed by atoms with Gasteiger partial charge >= 0.3 is 0 Å². The van der Waals surface area contributed by atoms with Gasteiger partial charge in [0, 0.05) is 15.9 Å². The van der Waals surface area contributed by atoms with Gasteiger partial charge in [0.2, 0.25) is 0 Å². The van der Waals surface area contributed by atoms with Gasteiger partial charge in [-0.05, 0) is 54.1 Å². The number of hydrogen-bond donors (Lipinski definition) is 1. The van der Waals surface area contributed by atoms with Crippen LogP contribution in [0.4, 0.5) is 5.69 Å². The number of nitrogens with one attached hydrogen (secondary N) is 1. The smallest absolute Gasteiger partial charge is 0.0748 e. The SMILES string of the molecule is CC1OCCC1Nc1cccc(I)c1. The molecule has 3 heteroatoms. The monoisotopic (exact) mass is 303 g/mol. The van der Waals surface area contributed by atoms with Gasteiger partial charge in [-0.2, -0.15) is 0 Å². The molecule has 1 N–H and O–H groups in total. The summed E-state index contributed by atoms with van der Waals surface area (Å²) in [5.41, 5.74) is 1.19. The Kier molecular flexibility index (Phi) is 3.28. The third-order valence-corrected chi connectivity index (χ3v) is 3.22. The fourth-order valence-corrected chi connectivity index (χ4v) is 2.26. The van der Waals surface area contributed by atoms with Gasteiger partial charge in [0.05, 0.1) is 12.1 Å². The maximum Gasteiger partial charge on any atom is 0.0748 e. The van der Waals surface area contributed by atoms with Crippen LogP contribution in [0.15, 0.2) is 24.3 Å². The molecule has 0 amide bonds. The zero-order chi connectivity index (χ0) is 9.97. The third-order valence-electron chi connectivity index (χ3n) is 2.55. The lowest BCUT2D eigenvalue weighted by atomic mass is 10.1. The molecule has 0 aromatic heterocycles. The van der Waals surface area contributed by atoms with Crippen LogP contribution in [0.1, 0.15) is 13.3 Å².